The van der Waals surface area contributed by atoms with Crippen molar-refractivity contribution in [1.82, 2.24) is 19.9 Å². The van der Waals surface area contributed by atoms with Crippen LogP contribution in [-0.2, 0) is 0 Å². The Morgan fingerprint density at radius 1 is 0.157 bits per heavy atom. The predicted molar refractivity (Wildman–Crippen MR) is 326 cm³/mol. The average molecular weight is 1030 g/mol. The van der Waals surface area contributed by atoms with E-state index >= 15 is 0 Å². The number of hydrogen-bond donors (Lipinski definition) is 4. The van der Waals surface area contributed by atoms with Crippen molar-refractivity contribution in [3.8, 4) is 0 Å². The average Bonchev–Trinajstić information content (AvgIpc) is 3.36. The Morgan fingerprint density at radius 2 is 0.257 bits per heavy atom. The van der Waals surface area contributed by atoms with Crippen molar-refractivity contribution < 1.29 is 0 Å². The van der Waals surface area contributed by atoms with E-state index in [0.717, 1.165) is 26.2 Å². The van der Waals surface area contributed by atoms with Crippen LogP contribution < -0.4 is 19.9 Å². The van der Waals surface area contributed by atoms with Gasteiger partial charge in [0, 0.05) is 0 Å². The summed E-state index contributed by atoms with van der Waals surface area (Å²) in [6, 6.07) is 0. The van der Waals surface area contributed by atoms with Gasteiger partial charge in [0.05, 0.1) is 0 Å². The Morgan fingerprint density at radius 3 is 0.371 bits per heavy atom. The van der Waals surface area contributed by atoms with Gasteiger partial charge in [-0.15, -0.1) is 12.4 Å². The molecule has 0 aromatic rings. The minimum absolute atomic E-state index is 0. The Balaban J connectivity index is 0. The minimum Gasteiger partial charge on any atom is -0.301 e. The molecule has 0 heterocycles. The Hall–Kier alpha value is 0.347. The van der Waals surface area contributed by atoms with Gasteiger partial charge in [-0.25, -0.2) is 0 Å². The molecule has 0 aromatic heterocycles. The van der Waals surface area contributed by atoms with Crippen LogP contribution in [0, 0.1) is 0 Å². The van der Waals surface area contributed by atoms with Gasteiger partial charge < -0.3 is 19.9 Å². The topological polar surface area (TPSA) is 48.1 Å². The fourth-order valence-corrected chi connectivity index (χ4v) is 13.7. The zero-order valence-corrected chi connectivity index (χ0v) is 51.2. The summed E-state index contributed by atoms with van der Waals surface area (Å²) in [4.78, 5) is 16.9. The normalized spacial score (nSPS) is 11.8. The van der Waals surface area contributed by atoms with Crippen molar-refractivity contribution >= 4 is 21.1 Å². The van der Waals surface area contributed by atoms with Crippen molar-refractivity contribution in [3.05, 3.63) is 0 Å². The molecule has 0 atom stereocenters. The molecule has 4 nitrogen and oxygen atoms in total. The zero-order chi connectivity index (χ0) is 49.8. The molecule has 4 N–H and O–H groups in total. The predicted octanol–water partition coefficient (Wildman–Crippen LogP) is 22.1. The van der Waals surface area contributed by atoms with E-state index in [2.05, 4.69) is 47.6 Å². The standard InChI is InChI=1S/C64H136N4Si.ClH/c1-5-9-13-17-21-25-29-33-37-41-45-49-53-57-61-65-69(66-62-58-54-50-46-42-38-34-30-26-22-18-14-10-6-2,67-63-59-55-51-47-43-39-35-31-27-23-19-15-11-7-3)68-64-60-56-52-48-44-40-36-32-28-24-20-16-12-8-4;/h65-68H,5-64H2,1-4H3;1H. The first kappa shape index (κ1) is 72.4. The molecule has 0 aliphatic carbocycles. The van der Waals surface area contributed by atoms with Gasteiger partial charge in [0.1, 0.15) is 0 Å². The highest BCUT2D eigenvalue weighted by Crippen LogP contribution is 2.17. The second-order valence-corrected chi connectivity index (χ2v) is 25.8. The van der Waals surface area contributed by atoms with Gasteiger partial charge in [-0.3, -0.25) is 0 Å². The lowest BCUT2D eigenvalue weighted by Crippen LogP contribution is -2.81. The van der Waals surface area contributed by atoms with E-state index in [-0.39, 0.29) is 12.4 Å². The van der Waals surface area contributed by atoms with Gasteiger partial charge in [-0.1, -0.05) is 362 Å². The molecule has 0 saturated heterocycles. The SMILES string of the molecule is CCCCCCCCCCCCCCCCN[Si](NCCCCCCCCCCCCCCCC)(NCCCCCCCCCCCCCCCC)NCCCCCCCCCCCCCCCC.Cl. The lowest BCUT2D eigenvalue weighted by atomic mass is 10.0. The van der Waals surface area contributed by atoms with Gasteiger partial charge in [0.15, 0.2) is 0 Å². The molecule has 6 heteroatoms. The van der Waals surface area contributed by atoms with Crippen molar-refractivity contribution in [2.45, 2.75) is 387 Å². The molecule has 0 amide bonds. The quantitative estimate of drug-likeness (QED) is 0.0362. The maximum Gasteiger partial charge on any atom is 0.365 e. The lowest BCUT2D eigenvalue weighted by Gasteiger charge is -2.34. The summed E-state index contributed by atoms with van der Waals surface area (Å²) in [6.07, 6.45) is 80.1. The number of rotatable bonds is 64. The van der Waals surface area contributed by atoms with Crippen molar-refractivity contribution in [2.24, 2.45) is 0 Å². The molecule has 0 aliphatic heterocycles. The number of nitrogens with one attached hydrogen (secondary N) is 4. The summed E-state index contributed by atoms with van der Waals surface area (Å²) >= 11 is 0. The molecule has 0 saturated carbocycles. The first-order valence-corrected chi connectivity index (χ1v) is 35.2. The molecule has 0 unspecified atom stereocenters. The van der Waals surface area contributed by atoms with Gasteiger partial charge in [0.2, 0.25) is 0 Å². The van der Waals surface area contributed by atoms with Crippen molar-refractivity contribution in [1.29, 1.82) is 0 Å². The van der Waals surface area contributed by atoms with Crippen molar-refractivity contribution in [3.63, 3.8) is 0 Å². The summed E-state index contributed by atoms with van der Waals surface area (Å²) in [6.45, 7) is 13.9. The summed E-state index contributed by atoms with van der Waals surface area (Å²) in [7, 11) is -2.22. The molecule has 0 rings (SSSR count). The Labute approximate surface area is 452 Å². The van der Waals surface area contributed by atoms with Crippen LogP contribution in [0.5, 0.6) is 0 Å². The maximum atomic E-state index is 4.23. The van der Waals surface area contributed by atoms with E-state index in [9.17, 15) is 0 Å². The first-order valence-electron chi connectivity index (χ1n) is 33.2. The first-order chi connectivity index (χ1) is 34.2. The van der Waals surface area contributed by atoms with E-state index < -0.39 is 8.72 Å². The fraction of sp³-hybridized carbons (Fsp3) is 1.00. The molecular weight excluding hydrogens is 888 g/mol. The van der Waals surface area contributed by atoms with E-state index in [0.29, 0.717) is 0 Å². The molecule has 424 valence electrons. The van der Waals surface area contributed by atoms with Gasteiger partial charge in [-0.2, -0.15) is 0 Å². The highest BCUT2D eigenvalue weighted by molar-refractivity contribution is 6.70. The van der Waals surface area contributed by atoms with Gasteiger partial charge in [0.25, 0.3) is 0 Å². The second kappa shape index (κ2) is 65.5. The van der Waals surface area contributed by atoms with E-state index in [1.54, 1.807) is 0 Å². The van der Waals surface area contributed by atoms with Crippen LogP contribution in [0.15, 0.2) is 0 Å². The second-order valence-electron chi connectivity index (χ2n) is 22.8. The molecule has 0 aromatic carbocycles. The summed E-state index contributed by atoms with van der Waals surface area (Å²) < 4.78 is 0. The van der Waals surface area contributed by atoms with Gasteiger partial charge in [-0.05, 0) is 51.9 Å². The number of hydrogen-bond acceptors (Lipinski definition) is 4. The van der Waals surface area contributed by atoms with Crippen LogP contribution >= 0.6 is 12.4 Å². The molecule has 0 spiro atoms. The molecule has 0 aliphatic rings. The molecular formula is C64H137ClN4Si. The fourth-order valence-electron chi connectivity index (χ4n) is 10.8. The van der Waals surface area contributed by atoms with Crippen LogP contribution in [0.1, 0.15) is 387 Å². The van der Waals surface area contributed by atoms with E-state index in [1.165, 1.54) is 360 Å². The van der Waals surface area contributed by atoms with Crippen molar-refractivity contribution in [2.75, 3.05) is 26.2 Å². The van der Waals surface area contributed by atoms with Crippen LogP contribution in [0.25, 0.3) is 0 Å². The number of unbranched alkanes of at least 4 members (excludes halogenated alkanes) is 52. The van der Waals surface area contributed by atoms with Crippen LogP contribution in [0.4, 0.5) is 0 Å². The summed E-state index contributed by atoms with van der Waals surface area (Å²) in [5, 5.41) is 0. The molecule has 70 heavy (non-hydrogen) atoms. The lowest BCUT2D eigenvalue weighted by molar-refractivity contribution is 0.524. The summed E-state index contributed by atoms with van der Waals surface area (Å²) in [5.41, 5.74) is 0. The third-order valence-electron chi connectivity index (χ3n) is 15.7. The third-order valence-corrected chi connectivity index (χ3v) is 18.8. The Kier molecular flexibility index (Phi) is 67.7. The smallest absolute Gasteiger partial charge is 0.301 e. The van der Waals surface area contributed by atoms with E-state index in [4.69, 9.17) is 0 Å². The van der Waals surface area contributed by atoms with E-state index in [1.807, 2.05) is 0 Å². The molecule has 0 radical (unpaired) electrons. The monoisotopic (exact) mass is 1030 g/mol. The maximum absolute atomic E-state index is 4.23. The van der Waals surface area contributed by atoms with Crippen LogP contribution in [0.3, 0.4) is 0 Å². The zero-order valence-electron chi connectivity index (χ0n) is 49.3. The Bertz CT molecular complexity index is 752. The largest absolute Gasteiger partial charge is 0.365 e. The summed E-state index contributed by atoms with van der Waals surface area (Å²) in [5.74, 6) is 0. The highest BCUT2D eigenvalue weighted by Gasteiger charge is 2.33. The van der Waals surface area contributed by atoms with Gasteiger partial charge >= 0.3 is 8.72 Å². The van der Waals surface area contributed by atoms with Crippen LogP contribution in [0.2, 0.25) is 0 Å². The number of halogens is 1. The third kappa shape index (κ3) is 59.2. The van der Waals surface area contributed by atoms with Crippen LogP contribution in [-0.4, -0.2) is 34.9 Å². The minimum atomic E-state index is -2.22. The highest BCUT2D eigenvalue weighted by atomic mass is 35.5. The molecule has 0 bridgehead atoms. The molecule has 0 fully saturated rings.